The van der Waals surface area contributed by atoms with Crippen molar-refractivity contribution in [3.05, 3.63) is 51.9 Å². The van der Waals surface area contributed by atoms with Gasteiger partial charge in [-0.05, 0) is 56.6 Å². The summed E-state index contributed by atoms with van der Waals surface area (Å²) in [6.07, 6.45) is 4.65. The SMILES string of the molecule is Cc1ncc2c(n1)CCCC2NC(=O)c1ccc2[nH]c(=S)oc2c1. The topological polar surface area (TPSA) is 83.8 Å². The molecule has 0 saturated heterocycles. The van der Waals surface area contributed by atoms with E-state index in [0.717, 1.165) is 41.9 Å². The molecule has 1 aliphatic rings. The summed E-state index contributed by atoms with van der Waals surface area (Å²) in [5.41, 5.74) is 3.95. The summed E-state index contributed by atoms with van der Waals surface area (Å²) in [7, 11) is 0. The highest BCUT2D eigenvalue weighted by atomic mass is 32.1. The van der Waals surface area contributed by atoms with Gasteiger partial charge in [0.2, 0.25) is 0 Å². The number of rotatable bonds is 2. The highest BCUT2D eigenvalue weighted by Gasteiger charge is 2.24. The van der Waals surface area contributed by atoms with Gasteiger partial charge in [0, 0.05) is 23.0 Å². The van der Waals surface area contributed by atoms with Crippen molar-refractivity contribution in [1.29, 1.82) is 0 Å². The third-order valence-corrected chi connectivity index (χ3v) is 4.48. The van der Waals surface area contributed by atoms with Gasteiger partial charge in [-0.25, -0.2) is 9.97 Å². The van der Waals surface area contributed by atoms with Crippen LogP contribution in [0.5, 0.6) is 0 Å². The zero-order valence-electron chi connectivity index (χ0n) is 13.1. The maximum Gasteiger partial charge on any atom is 0.266 e. The molecule has 2 aromatic heterocycles. The summed E-state index contributed by atoms with van der Waals surface area (Å²) in [5.74, 6) is 0.623. The van der Waals surface area contributed by atoms with Gasteiger partial charge in [-0.2, -0.15) is 0 Å². The Hall–Kier alpha value is -2.54. The van der Waals surface area contributed by atoms with Gasteiger partial charge >= 0.3 is 0 Å². The monoisotopic (exact) mass is 340 g/mol. The van der Waals surface area contributed by atoms with Crippen molar-refractivity contribution in [3.63, 3.8) is 0 Å². The standard InChI is InChI=1S/C17H16N4O2S/c1-9-18-8-11-12(19-9)3-2-4-13(11)20-16(22)10-5-6-14-15(7-10)23-17(24)21-14/h5-8,13H,2-4H2,1H3,(H,20,22)(H,21,24). The fourth-order valence-electron chi connectivity index (χ4n) is 3.12. The third kappa shape index (κ3) is 2.71. The van der Waals surface area contributed by atoms with E-state index in [2.05, 4.69) is 20.3 Å². The smallest absolute Gasteiger partial charge is 0.266 e. The Morgan fingerprint density at radius 2 is 2.33 bits per heavy atom. The fourth-order valence-corrected chi connectivity index (χ4v) is 3.32. The number of fused-ring (bicyclic) bond motifs is 2. The molecule has 1 amide bonds. The molecule has 24 heavy (non-hydrogen) atoms. The predicted octanol–water partition coefficient (Wildman–Crippen LogP) is 3.40. The van der Waals surface area contributed by atoms with Crippen LogP contribution in [0, 0.1) is 11.8 Å². The molecule has 2 heterocycles. The van der Waals surface area contributed by atoms with E-state index in [1.807, 2.05) is 13.1 Å². The Labute approximate surface area is 143 Å². The predicted molar refractivity (Wildman–Crippen MR) is 91.3 cm³/mol. The summed E-state index contributed by atoms with van der Waals surface area (Å²) in [6, 6.07) is 5.20. The maximum absolute atomic E-state index is 12.6. The number of hydrogen-bond donors (Lipinski definition) is 2. The maximum atomic E-state index is 12.6. The minimum absolute atomic E-state index is 0.0600. The van der Waals surface area contributed by atoms with E-state index < -0.39 is 0 Å². The van der Waals surface area contributed by atoms with E-state index in [1.165, 1.54) is 0 Å². The number of hydrogen-bond acceptors (Lipinski definition) is 5. The number of carbonyl (C=O) groups excluding carboxylic acids is 1. The lowest BCUT2D eigenvalue weighted by molar-refractivity contribution is 0.0932. The molecule has 4 rings (SSSR count). The van der Waals surface area contributed by atoms with Crippen molar-refractivity contribution in [1.82, 2.24) is 20.3 Å². The van der Waals surface area contributed by atoms with Crippen LogP contribution in [0.15, 0.2) is 28.8 Å². The number of nitrogens with zero attached hydrogens (tertiary/aromatic N) is 2. The quantitative estimate of drug-likeness (QED) is 0.699. The molecule has 122 valence electrons. The first-order valence-electron chi connectivity index (χ1n) is 7.86. The summed E-state index contributed by atoms with van der Waals surface area (Å²) < 4.78 is 5.38. The second-order valence-electron chi connectivity index (χ2n) is 5.96. The number of carbonyl (C=O) groups is 1. The Balaban J connectivity index is 1.61. The van der Waals surface area contributed by atoms with Gasteiger partial charge in [0.1, 0.15) is 5.82 Å². The molecule has 1 aliphatic carbocycles. The Morgan fingerprint density at radius 3 is 3.21 bits per heavy atom. The molecule has 0 saturated carbocycles. The molecule has 1 aromatic carbocycles. The zero-order chi connectivity index (χ0) is 16.7. The second-order valence-corrected chi connectivity index (χ2v) is 6.33. The number of aryl methyl sites for hydroxylation is 2. The van der Waals surface area contributed by atoms with Crippen LogP contribution in [0.2, 0.25) is 0 Å². The second kappa shape index (κ2) is 5.83. The van der Waals surface area contributed by atoms with E-state index in [1.54, 1.807) is 18.2 Å². The van der Waals surface area contributed by atoms with Crippen LogP contribution in [0.1, 0.15) is 46.3 Å². The summed E-state index contributed by atoms with van der Waals surface area (Å²) in [5, 5.41) is 3.09. The number of aromatic nitrogens is 3. The van der Waals surface area contributed by atoms with Crippen molar-refractivity contribution in [3.8, 4) is 0 Å². The zero-order valence-corrected chi connectivity index (χ0v) is 13.9. The first kappa shape index (κ1) is 15.0. The Kier molecular flexibility index (Phi) is 3.65. The minimum Gasteiger partial charge on any atom is -0.429 e. The first-order valence-corrected chi connectivity index (χ1v) is 8.27. The number of amides is 1. The van der Waals surface area contributed by atoms with Crippen LogP contribution in [0.4, 0.5) is 0 Å². The van der Waals surface area contributed by atoms with Gasteiger partial charge in [-0.3, -0.25) is 4.79 Å². The van der Waals surface area contributed by atoms with E-state index in [0.29, 0.717) is 16.0 Å². The minimum atomic E-state index is -0.141. The van der Waals surface area contributed by atoms with Gasteiger partial charge in [-0.15, -0.1) is 0 Å². The van der Waals surface area contributed by atoms with Crippen molar-refractivity contribution in [2.75, 3.05) is 0 Å². The highest BCUT2D eigenvalue weighted by molar-refractivity contribution is 7.71. The average molecular weight is 340 g/mol. The van der Waals surface area contributed by atoms with Gasteiger partial charge < -0.3 is 14.7 Å². The van der Waals surface area contributed by atoms with E-state index in [-0.39, 0.29) is 11.9 Å². The van der Waals surface area contributed by atoms with Crippen LogP contribution < -0.4 is 5.32 Å². The van der Waals surface area contributed by atoms with E-state index in [9.17, 15) is 4.79 Å². The van der Waals surface area contributed by atoms with Crippen LogP contribution in [0.3, 0.4) is 0 Å². The van der Waals surface area contributed by atoms with Crippen molar-refractivity contribution < 1.29 is 9.21 Å². The normalized spacial score (nSPS) is 16.8. The Morgan fingerprint density at radius 1 is 1.46 bits per heavy atom. The van der Waals surface area contributed by atoms with Crippen molar-refractivity contribution >= 4 is 29.2 Å². The lowest BCUT2D eigenvalue weighted by Crippen LogP contribution is -2.31. The summed E-state index contributed by atoms with van der Waals surface area (Å²) in [6.45, 7) is 1.88. The molecule has 6 nitrogen and oxygen atoms in total. The molecule has 1 unspecified atom stereocenters. The van der Waals surface area contributed by atoms with Crippen molar-refractivity contribution in [2.45, 2.75) is 32.2 Å². The number of oxazole rings is 1. The average Bonchev–Trinajstić information content (AvgIpc) is 2.93. The fraction of sp³-hybridized carbons (Fsp3) is 0.294. The molecular formula is C17H16N4O2S. The molecule has 0 radical (unpaired) electrons. The van der Waals surface area contributed by atoms with Crippen molar-refractivity contribution in [2.24, 2.45) is 0 Å². The van der Waals surface area contributed by atoms with Crippen LogP contribution in [0.25, 0.3) is 11.1 Å². The highest BCUT2D eigenvalue weighted by Crippen LogP contribution is 2.28. The molecule has 1 atom stereocenters. The number of nitrogens with one attached hydrogen (secondary N) is 2. The molecule has 0 fully saturated rings. The molecule has 2 N–H and O–H groups in total. The van der Waals surface area contributed by atoms with E-state index >= 15 is 0 Å². The van der Waals surface area contributed by atoms with Gasteiger partial charge in [-0.1, -0.05) is 0 Å². The number of H-pyrrole nitrogens is 1. The lowest BCUT2D eigenvalue weighted by Gasteiger charge is -2.25. The van der Waals surface area contributed by atoms with Crippen LogP contribution in [-0.4, -0.2) is 20.9 Å². The molecular weight excluding hydrogens is 324 g/mol. The molecule has 3 aromatic rings. The first-order chi connectivity index (χ1) is 11.6. The molecule has 0 aliphatic heterocycles. The lowest BCUT2D eigenvalue weighted by atomic mass is 9.92. The van der Waals surface area contributed by atoms with Gasteiger partial charge in [0.05, 0.1) is 11.6 Å². The largest absolute Gasteiger partial charge is 0.429 e. The molecule has 0 bridgehead atoms. The third-order valence-electron chi connectivity index (χ3n) is 4.29. The number of aromatic amines is 1. The van der Waals surface area contributed by atoms with Gasteiger partial charge in [0.25, 0.3) is 10.7 Å². The molecule has 0 spiro atoms. The van der Waals surface area contributed by atoms with Gasteiger partial charge in [0.15, 0.2) is 5.58 Å². The van der Waals surface area contributed by atoms with Crippen LogP contribution >= 0.6 is 12.2 Å². The Bertz CT molecular complexity index is 992. The summed E-state index contributed by atoms with van der Waals surface area (Å²) >= 11 is 4.97. The molecule has 7 heteroatoms. The summed E-state index contributed by atoms with van der Waals surface area (Å²) in [4.78, 5) is 24.6. The van der Waals surface area contributed by atoms with E-state index in [4.69, 9.17) is 16.6 Å². The number of benzene rings is 1. The van der Waals surface area contributed by atoms with Crippen LogP contribution in [-0.2, 0) is 6.42 Å².